The van der Waals surface area contributed by atoms with Crippen LogP contribution in [0.1, 0.15) is 0 Å². The van der Waals surface area contributed by atoms with Crippen LogP contribution in [0.4, 0.5) is 0 Å². The van der Waals surface area contributed by atoms with Crippen LogP contribution in [0.25, 0.3) is 0 Å². The van der Waals surface area contributed by atoms with Crippen molar-refractivity contribution in [2.75, 3.05) is 40.6 Å². The van der Waals surface area contributed by atoms with E-state index in [1.54, 1.807) is 0 Å². The Labute approximate surface area is 77.4 Å². The Hall–Kier alpha value is 0.0300. The van der Waals surface area contributed by atoms with Gasteiger partial charge < -0.3 is 14.4 Å². The van der Waals surface area contributed by atoms with E-state index < -0.39 is 7.82 Å². The quantitative estimate of drug-likeness (QED) is 0.466. The van der Waals surface area contributed by atoms with Crippen molar-refractivity contribution in [3.05, 3.63) is 0 Å². The molecule has 0 aromatic rings. The smallest absolute Gasteiger partial charge is 0.382 e. The molecule has 0 saturated carbocycles. The van der Waals surface area contributed by atoms with Gasteiger partial charge in [0.2, 0.25) is 0 Å². The van der Waals surface area contributed by atoms with Gasteiger partial charge in [-0.05, 0) is 0 Å². The maximum atomic E-state index is 11.0. The molecule has 13 heavy (non-hydrogen) atoms. The summed E-state index contributed by atoms with van der Waals surface area (Å²) in [7, 11) is -0.973. The van der Waals surface area contributed by atoms with Gasteiger partial charge in [0.15, 0.2) is 0 Å². The van der Waals surface area contributed by atoms with Gasteiger partial charge in [0.25, 0.3) is 0 Å². The molecular formula is C6H15O6P. The maximum Gasteiger partial charge on any atom is 0.472 e. The molecule has 0 unspecified atom stereocenters. The molecule has 0 aromatic heterocycles. The van der Waals surface area contributed by atoms with Crippen molar-refractivity contribution in [1.82, 2.24) is 0 Å². The maximum absolute atomic E-state index is 11.0. The Morgan fingerprint density at radius 3 is 1.69 bits per heavy atom. The number of phosphoric acid groups is 1. The minimum absolute atomic E-state index is 0.0251. The first-order valence-electron chi connectivity index (χ1n) is 3.72. The zero-order valence-electron chi connectivity index (χ0n) is 7.76. The molecule has 0 aliphatic carbocycles. The van der Waals surface area contributed by atoms with Crippen molar-refractivity contribution < 1.29 is 28.0 Å². The van der Waals surface area contributed by atoms with E-state index >= 15 is 0 Å². The van der Waals surface area contributed by atoms with Gasteiger partial charge in [0.1, 0.15) is 0 Å². The fourth-order valence-corrected chi connectivity index (χ4v) is 1.19. The predicted molar refractivity (Wildman–Crippen MR) is 45.5 cm³/mol. The lowest BCUT2D eigenvalue weighted by Crippen LogP contribution is -2.05. The molecule has 0 aromatic carbocycles. The highest BCUT2D eigenvalue weighted by atomic mass is 31.2. The lowest BCUT2D eigenvalue weighted by molar-refractivity contribution is 0.0834. The number of methoxy groups -OCH3 is 2. The molecule has 0 aliphatic rings. The SMILES string of the molecule is COCCOP(=O)(O)OCCOC. The van der Waals surface area contributed by atoms with Gasteiger partial charge in [-0.15, -0.1) is 0 Å². The summed E-state index contributed by atoms with van der Waals surface area (Å²) in [5.74, 6) is 0. The number of hydrogen-bond acceptors (Lipinski definition) is 5. The van der Waals surface area contributed by atoms with Crippen LogP contribution in [0.3, 0.4) is 0 Å². The molecule has 0 heterocycles. The van der Waals surface area contributed by atoms with E-state index in [-0.39, 0.29) is 26.4 Å². The van der Waals surface area contributed by atoms with E-state index in [2.05, 4.69) is 18.5 Å². The van der Waals surface area contributed by atoms with Gasteiger partial charge in [-0.25, -0.2) is 4.57 Å². The van der Waals surface area contributed by atoms with Crippen molar-refractivity contribution >= 4 is 7.82 Å². The first-order chi connectivity index (χ1) is 6.12. The minimum atomic E-state index is -3.91. The molecule has 0 atom stereocenters. The summed E-state index contributed by atoms with van der Waals surface area (Å²) in [6.45, 7) is 0.547. The summed E-state index contributed by atoms with van der Waals surface area (Å²) in [5.41, 5.74) is 0. The minimum Gasteiger partial charge on any atom is -0.382 e. The van der Waals surface area contributed by atoms with E-state index in [1.165, 1.54) is 14.2 Å². The topological polar surface area (TPSA) is 74.2 Å². The van der Waals surface area contributed by atoms with Gasteiger partial charge in [-0.1, -0.05) is 0 Å². The van der Waals surface area contributed by atoms with Crippen molar-refractivity contribution in [2.45, 2.75) is 0 Å². The molecule has 7 heteroatoms. The van der Waals surface area contributed by atoms with E-state index in [1.807, 2.05) is 0 Å². The third kappa shape index (κ3) is 8.36. The van der Waals surface area contributed by atoms with Crippen molar-refractivity contribution in [2.24, 2.45) is 0 Å². The second kappa shape index (κ2) is 7.44. The Bertz CT molecular complexity index is 147. The molecule has 0 amide bonds. The van der Waals surface area contributed by atoms with Gasteiger partial charge in [0.05, 0.1) is 26.4 Å². The van der Waals surface area contributed by atoms with Gasteiger partial charge in [-0.2, -0.15) is 0 Å². The fraction of sp³-hybridized carbons (Fsp3) is 1.00. The summed E-state index contributed by atoms with van der Waals surface area (Å²) < 4.78 is 29.3. The molecule has 0 bridgehead atoms. The van der Waals surface area contributed by atoms with Crippen LogP contribution in [-0.2, 0) is 23.1 Å². The molecule has 0 aliphatic heterocycles. The van der Waals surface area contributed by atoms with Crippen LogP contribution >= 0.6 is 7.82 Å². The molecule has 0 fully saturated rings. The zero-order valence-corrected chi connectivity index (χ0v) is 8.66. The third-order valence-corrected chi connectivity index (χ3v) is 2.10. The van der Waals surface area contributed by atoms with E-state index in [0.29, 0.717) is 0 Å². The van der Waals surface area contributed by atoms with Crippen molar-refractivity contribution in [3.8, 4) is 0 Å². The van der Waals surface area contributed by atoms with Crippen LogP contribution in [-0.4, -0.2) is 45.5 Å². The van der Waals surface area contributed by atoms with Crippen LogP contribution in [0.15, 0.2) is 0 Å². The van der Waals surface area contributed by atoms with Crippen LogP contribution in [0.5, 0.6) is 0 Å². The predicted octanol–water partition coefficient (Wildman–Crippen LogP) is 0.413. The molecule has 0 saturated heterocycles. The Kier molecular flexibility index (Phi) is 7.45. The van der Waals surface area contributed by atoms with E-state index in [9.17, 15) is 4.57 Å². The monoisotopic (exact) mass is 214 g/mol. The van der Waals surface area contributed by atoms with Gasteiger partial charge >= 0.3 is 7.82 Å². The average Bonchev–Trinajstić information content (AvgIpc) is 2.05. The zero-order chi connectivity index (χ0) is 10.2. The van der Waals surface area contributed by atoms with Crippen LogP contribution < -0.4 is 0 Å². The molecule has 6 nitrogen and oxygen atoms in total. The average molecular weight is 214 g/mol. The second-order valence-electron chi connectivity index (χ2n) is 2.12. The van der Waals surface area contributed by atoms with E-state index in [4.69, 9.17) is 4.89 Å². The highest BCUT2D eigenvalue weighted by Crippen LogP contribution is 2.42. The molecule has 1 N–H and O–H groups in total. The molecule has 0 rings (SSSR count). The van der Waals surface area contributed by atoms with Crippen molar-refractivity contribution in [3.63, 3.8) is 0 Å². The lowest BCUT2D eigenvalue weighted by Gasteiger charge is -2.10. The first kappa shape index (κ1) is 13.0. The Balaban J connectivity index is 3.49. The van der Waals surface area contributed by atoms with Crippen molar-refractivity contribution in [1.29, 1.82) is 0 Å². The standard InChI is InChI=1S/C6H15O6P/c1-9-3-5-11-13(7,8)12-6-4-10-2/h3-6H2,1-2H3,(H,7,8). The second-order valence-corrected chi connectivity index (χ2v) is 3.57. The summed E-state index contributed by atoms with van der Waals surface area (Å²) in [4.78, 5) is 8.97. The fourth-order valence-electron chi connectivity index (χ4n) is 0.509. The first-order valence-corrected chi connectivity index (χ1v) is 5.21. The lowest BCUT2D eigenvalue weighted by atomic mass is 10.8. The summed E-state index contributed by atoms with van der Waals surface area (Å²) in [6.07, 6.45) is 0. The molecular weight excluding hydrogens is 199 g/mol. The Morgan fingerprint density at radius 1 is 1.00 bits per heavy atom. The summed E-state index contributed by atoms with van der Waals surface area (Å²) >= 11 is 0. The van der Waals surface area contributed by atoms with E-state index in [0.717, 1.165) is 0 Å². The van der Waals surface area contributed by atoms with Crippen LogP contribution in [0, 0.1) is 0 Å². The molecule has 0 spiro atoms. The molecule has 0 radical (unpaired) electrons. The Morgan fingerprint density at radius 2 is 1.38 bits per heavy atom. The number of hydrogen-bond donors (Lipinski definition) is 1. The van der Waals surface area contributed by atoms with Crippen LogP contribution in [0.2, 0.25) is 0 Å². The number of ether oxygens (including phenoxy) is 2. The third-order valence-electron chi connectivity index (χ3n) is 1.08. The number of phosphoric ester groups is 1. The summed E-state index contributed by atoms with van der Waals surface area (Å²) in [6, 6.07) is 0. The largest absolute Gasteiger partial charge is 0.472 e. The normalized spacial score (nSPS) is 11.9. The van der Waals surface area contributed by atoms with Gasteiger partial charge in [0, 0.05) is 14.2 Å². The van der Waals surface area contributed by atoms with Gasteiger partial charge in [-0.3, -0.25) is 9.05 Å². The summed E-state index contributed by atoms with van der Waals surface area (Å²) in [5, 5.41) is 0. The highest BCUT2D eigenvalue weighted by molar-refractivity contribution is 7.47. The highest BCUT2D eigenvalue weighted by Gasteiger charge is 2.19. The number of rotatable bonds is 8. The molecule has 80 valence electrons.